The topological polar surface area (TPSA) is 92.3 Å². The van der Waals surface area contributed by atoms with Crippen molar-refractivity contribution in [3.05, 3.63) is 40.9 Å². The molecule has 4 heterocycles. The van der Waals surface area contributed by atoms with Gasteiger partial charge in [0, 0.05) is 38.8 Å². The second-order valence-corrected chi connectivity index (χ2v) is 7.00. The number of fused-ring (bicyclic) bond motifs is 1. The number of piperazine rings is 1. The van der Waals surface area contributed by atoms with Crippen LogP contribution in [0.1, 0.15) is 22.1 Å². The summed E-state index contributed by atoms with van der Waals surface area (Å²) in [4.78, 5) is 27.0. The molecule has 2 aromatic heterocycles. The van der Waals surface area contributed by atoms with Gasteiger partial charge in [0.1, 0.15) is 17.2 Å². The largest absolute Gasteiger partial charge is 0.378 e. The monoisotopic (exact) mass is 388 g/mol. The smallest absolute Gasteiger partial charge is 0.269 e. The number of amides is 1. The maximum Gasteiger partial charge on any atom is 0.269 e. The van der Waals surface area contributed by atoms with Crippen LogP contribution >= 0.6 is 11.6 Å². The number of nitrogens with one attached hydrogen (secondary N) is 2. The first-order chi connectivity index (χ1) is 13.2. The third kappa shape index (κ3) is 3.79. The molecule has 0 spiro atoms. The lowest BCUT2D eigenvalue weighted by molar-refractivity contribution is -0.0427. The lowest BCUT2D eigenvalue weighted by Gasteiger charge is -2.45. The van der Waals surface area contributed by atoms with E-state index in [0.717, 1.165) is 38.4 Å². The fourth-order valence-corrected chi connectivity index (χ4v) is 3.87. The highest BCUT2D eigenvalue weighted by Crippen LogP contribution is 2.30. The number of morpholine rings is 1. The highest BCUT2D eigenvalue weighted by atomic mass is 35.5. The van der Waals surface area contributed by atoms with Crippen molar-refractivity contribution in [1.29, 1.82) is 0 Å². The first kappa shape index (κ1) is 18.2. The van der Waals surface area contributed by atoms with Gasteiger partial charge >= 0.3 is 0 Å². The molecule has 1 amide bonds. The number of carbonyl (C=O) groups excluding carboxylic acids is 1. The number of nitrogens with zero attached hydrogens (tertiary/aromatic N) is 4. The number of hydrogen-bond acceptors (Lipinski definition) is 7. The maximum atomic E-state index is 11.9. The van der Waals surface area contributed by atoms with Crippen molar-refractivity contribution in [2.24, 2.45) is 0 Å². The minimum atomic E-state index is -0.270. The normalized spacial score (nSPS) is 22.9. The van der Waals surface area contributed by atoms with Gasteiger partial charge in [0.15, 0.2) is 0 Å². The highest BCUT2D eigenvalue weighted by Gasteiger charge is 2.34. The molecule has 2 aromatic rings. The van der Waals surface area contributed by atoms with Crippen LogP contribution in [0.3, 0.4) is 0 Å². The third-order valence-electron chi connectivity index (χ3n) is 4.98. The summed E-state index contributed by atoms with van der Waals surface area (Å²) in [5.41, 5.74) is 2.55. The molecule has 2 saturated heterocycles. The average molecular weight is 389 g/mol. The van der Waals surface area contributed by atoms with Crippen molar-refractivity contribution in [1.82, 2.24) is 30.5 Å². The number of pyridine rings is 1. The standard InChI is InChI=1S/C18H21ClN6O2/c1-20-18(26)15-6-13(22-10-23-15)14-4-11(5-17(19)24-14)16-8-21-7-12-9-27-3-2-25(12)16/h4-6,10,12,16,21H,2-3,7-9H2,1H3,(H,20,26)/t12-,16-/m0/s1. The molecule has 2 aliphatic heterocycles. The molecule has 0 saturated carbocycles. The van der Waals surface area contributed by atoms with Crippen molar-refractivity contribution in [3.8, 4) is 11.4 Å². The van der Waals surface area contributed by atoms with E-state index in [1.807, 2.05) is 12.1 Å². The van der Waals surface area contributed by atoms with Gasteiger partial charge in [-0.2, -0.15) is 0 Å². The molecule has 0 aromatic carbocycles. The molecule has 9 heteroatoms. The van der Waals surface area contributed by atoms with Gasteiger partial charge in [-0.25, -0.2) is 15.0 Å². The molecule has 2 N–H and O–H groups in total. The van der Waals surface area contributed by atoms with Crippen molar-refractivity contribution >= 4 is 17.5 Å². The van der Waals surface area contributed by atoms with Crippen molar-refractivity contribution < 1.29 is 9.53 Å². The minimum Gasteiger partial charge on any atom is -0.378 e. The predicted molar refractivity (Wildman–Crippen MR) is 101 cm³/mol. The van der Waals surface area contributed by atoms with E-state index in [0.29, 0.717) is 28.3 Å². The van der Waals surface area contributed by atoms with Gasteiger partial charge < -0.3 is 15.4 Å². The molecule has 27 heavy (non-hydrogen) atoms. The number of rotatable bonds is 3. The third-order valence-corrected chi connectivity index (χ3v) is 5.18. The minimum absolute atomic E-state index is 0.187. The summed E-state index contributed by atoms with van der Waals surface area (Å²) < 4.78 is 5.61. The summed E-state index contributed by atoms with van der Waals surface area (Å²) in [7, 11) is 1.56. The quantitative estimate of drug-likeness (QED) is 0.754. The van der Waals surface area contributed by atoms with Crippen LogP contribution in [0.25, 0.3) is 11.4 Å². The van der Waals surface area contributed by atoms with Gasteiger partial charge in [-0.3, -0.25) is 9.69 Å². The fourth-order valence-electron chi connectivity index (χ4n) is 3.66. The average Bonchev–Trinajstić information content (AvgIpc) is 2.72. The Kier molecular flexibility index (Phi) is 5.31. The summed E-state index contributed by atoms with van der Waals surface area (Å²) in [6.07, 6.45) is 1.36. The van der Waals surface area contributed by atoms with Crippen LogP contribution in [0.4, 0.5) is 0 Å². The van der Waals surface area contributed by atoms with Crippen LogP contribution in [-0.4, -0.2) is 71.7 Å². The Balaban J connectivity index is 1.69. The number of halogens is 1. The highest BCUT2D eigenvalue weighted by molar-refractivity contribution is 6.29. The van der Waals surface area contributed by atoms with Crippen molar-refractivity contribution in [3.63, 3.8) is 0 Å². The number of carbonyl (C=O) groups is 1. The molecule has 142 valence electrons. The predicted octanol–water partition coefficient (Wildman–Crippen LogP) is 0.897. The SMILES string of the molecule is CNC(=O)c1cc(-c2cc([C@@H]3CNC[C@H]4COCCN43)cc(Cl)n2)ncn1. The van der Waals surface area contributed by atoms with E-state index >= 15 is 0 Å². The van der Waals surface area contributed by atoms with E-state index in [1.54, 1.807) is 13.1 Å². The Labute approximate surface area is 162 Å². The van der Waals surface area contributed by atoms with Crippen molar-refractivity contribution in [2.75, 3.05) is 39.9 Å². The summed E-state index contributed by atoms with van der Waals surface area (Å²) in [5.74, 6) is -0.270. The first-order valence-corrected chi connectivity index (χ1v) is 9.29. The van der Waals surface area contributed by atoms with Crippen LogP contribution in [-0.2, 0) is 4.74 Å². The molecule has 0 aliphatic carbocycles. The second kappa shape index (κ2) is 7.85. The van der Waals surface area contributed by atoms with E-state index in [-0.39, 0.29) is 11.9 Å². The van der Waals surface area contributed by atoms with Crippen LogP contribution in [0.5, 0.6) is 0 Å². The zero-order valence-electron chi connectivity index (χ0n) is 15.0. The summed E-state index contributed by atoms with van der Waals surface area (Å²) in [5, 5.41) is 6.44. The summed E-state index contributed by atoms with van der Waals surface area (Å²) in [6.45, 7) is 4.12. The molecule has 2 atom stereocenters. The fraction of sp³-hybridized carbons (Fsp3) is 0.444. The van der Waals surface area contributed by atoms with E-state index in [4.69, 9.17) is 16.3 Å². The van der Waals surface area contributed by atoms with Crippen molar-refractivity contribution in [2.45, 2.75) is 12.1 Å². The molecule has 8 nitrogen and oxygen atoms in total. The number of ether oxygens (including phenoxy) is 1. The van der Waals surface area contributed by atoms with Gasteiger partial charge in [-0.05, 0) is 23.8 Å². The summed E-state index contributed by atoms with van der Waals surface area (Å²) in [6, 6.07) is 6.05. The van der Waals surface area contributed by atoms with Gasteiger partial charge in [0.25, 0.3) is 5.91 Å². The molecule has 0 radical (unpaired) electrons. The maximum absolute atomic E-state index is 11.9. The summed E-state index contributed by atoms with van der Waals surface area (Å²) >= 11 is 6.33. The lowest BCUT2D eigenvalue weighted by atomic mass is 9.99. The van der Waals surface area contributed by atoms with Crippen LogP contribution in [0, 0.1) is 0 Å². The molecule has 4 rings (SSSR count). The molecule has 2 aliphatic rings. The first-order valence-electron chi connectivity index (χ1n) is 8.92. The van der Waals surface area contributed by atoms with Gasteiger partial charge in [-0.15, -0.1) is 0 Å². The van der Waals surface area contributed by atoms with Gasteiger partial charge in [0.2, 0.25) is 0 Å². The second-order valence-electron chi connectivity index (χ2n) is 6.62. The van der Waals surface area contributed by atoms with Crippen LogP contribution in [0.15, 0.2) is 24.5 Å². The van der Waals surface area contributed by atoms with E-state index in [2.05, 4.69) is 30.5 Å². The van der Waals surface area contributed by atoms with E-state index in [1.165, 1.54) is 6.33 Å². The molecule has 0 bridgehead atoms. The Hall–Kier alpha value is -2.13. The van der Waals surface area contributed by atoms with Crippen LogP contribution < -0.4 is 10.6 Å². The Morgan fingerprint density at radius 3 is 3.04 bits per heavy atom. The molecule has 0 unspecified atom stereocenters. The zero-order valence-corrected chi connectivity index (χ0v) is 15.7. The Bertz CT molecular complexity index is 846. The zero-order chi connectivity index (χ0) is 18.8. The Morgan fingerprint density at radius 1 is 1.30 bits per heavy atom. The Morgan fingerprint density at radius 2 is 2.19 bits per heavy atom. The molecule has 2 fully saturated rings. The number of aromatic nitrogens is 3. The van der Waals surface area contributed by atoms with Gasteiger partial charge in [-0.1, -0.05) is 11.6 Å². The molecular weight excluding hydrogens is 368 g/mol. The van der Waals surface area contributed by atoms with Gasteiger partial charge in [0.05, 0.1) is 24.6 Å². The van der Waals surface area contributed by atoms with E-state index < -0.39 is 0 Å². The van der Waals surface area contributed by atoms with E-state index in [9.17, 15) is 4.79 Å². The molecular formula is C18H21ClN6O2. The van der Waals surface area contributed by atoms with Crippen LogP contribution in [0.2, 0.25) is 5.15 Å². The lowest BCUT2D eigenvalue weighted by Crippen LogP contribution is -2.58. The number of hydrogen-bond donors (Lipinski definition) is 2.